The molecule has 0 unspecified atom stereocenters. The fourth-order valence-electron chi connectivity index (χ4n) is 2.68. The molecule has 0 aromatic heterocycles. The molecule has 0 aliphatic heterocycles. The Kier molecular flexibility index (Phi) is 8.36. The molecule has 6 heteroatoms. The molecule has 0 spiro atoms. The van der Waals surface area contributed by atoms with Gasteiger partial charge in [0.25, 0.3) is 0 Å². The molecule has 1 N–H and O–H groups in total. The number of hydrogen-bond donors (Lipinski definition) is 1. The number of benzene rings is 3. The lowest BCUT2D eigenvalue weighted by atomic mass is 10.1. The van der Waals surface area contributed by atoms with Gasteiger partial charge in [-0.15, -0.1) is 11.8 Å². The van der Waals surface area contributed by atoms with Crippen LogP contribution in [0.1, 0.15) is 22.3 Å². The highest BCUT2D eigenvalue weighted by molar-refractivity contribution is 7.99. The van der Waals surface area contributed by atoms with E-state index in [0.29, 0.717) is 17.4 Å². The molecule has 0 atom stereocenters. The molecule has 3 aromatic rings. The highest BCUT2D eigenvalue weighted by Crippen LogP contribution is 2.17. The van der Waals surface area contributed by atoms with E-state index in [1.54, 1.807) is 18.0 Å². The summed E-state index contributed by atoms with van der Waals surface area (Å²) < 4.78 is 5.76. The van der Waals surface area contributed by atoms with E-state index >= 15 is 0 Å². The average molecular weight is 439 g/mol. The number of nitrogens with zero attached hydrogens (tertiary/aromatic N) is 1. The molecule has 0 aliphatic carbocycles. The van der Waals surface area contributed by atoms with Gasteiger partial charge in [-0.25, -0.2) is 5.43 Å². The van der Waals surface area contributed by atoms with Crippen molar-refractivity contribution in [3.63, 3.8) is 0 Å². The summed E-state index contributed by atoms with van der Waals surface area (Å²) >= 11 is 7.55. The Bertz CT molecular complexity index is 1010. The maximum absolute atomic E-state index is 11.9. The molecular formula is C24H23ClN2O2S. The van der Waals surface area contributed by atoms with Crippen LogP contribution in [0.3, 0.4) is 0 Å². The summed E-state index contributed by atoms with van der Waals surface area (Å²) in [6, 6.07) is 23.3. The van der Waals surface area contributed by atoms with E-state index in [2.05, 4.69) is 29.6 Å². The van der Waals surface area contributed by atoms with Crippen LogP contribution >= 0.6 is 23.4 Å². The molecule has 0 fully saturated rings. The summed E-state index contributed by atoms with van der Waals surface area (Å²) in [5, 5.41) is 4.72. The van der Waals surface area contributed by atoms with Crippen LogP contribution < -0.4 is 10.2 Å². The van der Waals surface area contributed by atoms with E-state index < -0.39 is 0 Å². The maximum Gasteiger partial charge on any atom is 0.250 e. The van der Waals surface area contributed by atoms with Crippen LogP contribution in [0.4, 0.5) is 0 Å². The number of amides is 1. The van der Waals surface area contributed by atoms with E-state index in [9.17, 15) is 4.79 Å². The van der Waals surface area contributed by atoms with E-state index in [0.717, 1.165) is 22.6 Å². The molecule has 30 heavy (non-hydrogen) atoms. The first-order valence-corrected chi connectivity index (χ1v) is 11.0. The maximum atomic E-state index is 11.9. The fraction of sp³-hybridized carbons (Fsp3) is 0.167. The van der Waals surface area contributed by atoms with E-state index in [4.69, 9.17) is 16.3 Å². The third kappa shape index (κ3) is 7.25. The molecule has 3 rings (SSSR count). The summed E-state index contributed by atoms with van der Waals surface area (Å²) in [5.41, 5.74) is 6.93. The Morgan fingerprint density at radius 2 is 1.90 bits per heavy atom. The minimum Gasteiger partial charge on any atom is -0.489 e. The molecule has 3 aromatic carbocycles. The second-order valence-electron chi connectivity index (χ2n) is 6.70. The number of aryl methyl sites for hydroxylation is 1. The highest BCUT2D eigenvalue weighted by Gasteiger charge is 2.02. The van der Waals surface area contributed by atoms with Crippen molar-refractivity contribution in [2.75, 3.05) is 5.75 Å². The monoisotopic (exact) mass is 438 g/mol. The number of carbonyl (C=O) groups excluding carboxylic acids is 1. The van der Waals surface area contributed by atoms with Crippen LogP contribution in [0.25, 0.3) is 0 Å². The number of carbonyl (C=O) groups is 1. The van der Waals surface area contributed by atoms with Crippen molar-refractivity contribution >= 4 is 35.5 Å². The minimum absolute atomic E-state index is 0.119. The van der Waals surface area contributed by atoms with Gasteiger partial charge < -0.3 is 4.74 Å². The second kappa shape index (κ2) is 11.4. The molecule has 1 amide bonds. The van der Waals surface area contributed by atoms with Crippen LogP contribution in [-0.4, -0.2) is 17.9 Å². The van der Waals surface area contributed by atoms with Gasteiger partial charge in [0.1, 0.15) is 12.4 Å². The van der Waals surface area contributed by atoms with Gasteiger partial charge in [-0.2, -0.15) is 5.10 Å². The Balaban J connectivity index is 1.39. The van der Waals surface area contributed by atoms with Gasteiger partial charge in [-0.3, -0.25) is 4.79 Å². The minimum atomic E-state index is -0.119. The second-order valence-corrected chi connectivity index (χ2v) is 8.12. The zero-order valence-electron chi connectivity index (χ0n) is 16.7. The molecule has 0 saturated carbocycles. The SMILES string of the molecule is Cc1ccccc1CSCC(=O)N/N=C\c1ccc(OCc2cccc(Cl)c2)cc1. The van der Waals surface area contributed by atoms with Crippen LogP contribution in [0.15, 0.2) is 77.9 Å². The van der Waals surface area contributed by atoms with Gasteiger partial charge in [-0.05, 0) is 65.6 Å². The predicted molar refractivity (Wildman–Crippen MR) is 125 cm³/mol. The molecule has 0 saturated heterocycles. The summed E-state index contributed by atoms with van der Waals surface area (Å²) in [6.07, 6.45) is 1.62. The highest BCUT2D eigenvalue weighted by atomic mass is 35.5. The van der Waals surface area contributed by atoms with Crippen LogP contribution in [-0.2, 0) is 17.2 Å². The van der Waals surface area contributed by atoms with Crippen molar-refractivity contribution in [1.29, 1.82) is 0 Å². The van der Waals surface area contributed by atoms with E-state index in [1.165, 1.54) is 11.1 Å². The lowest BCUT2D eigenvalue weighted by Crippen LogP contribution is -2.19. The number of hydrogen-bond acceptors (Lipinski definition) is 4. The molecular weight excluding hydrogens is 416 g/mol. The van der Waals surface area contributed by atoms with Crippen molar-refractivity contribution in [2.24, 2.45) is 5.10 Å². The van der Waals surface area contributed by atoms with Crippen molar-refractivity contribution in [1.82, 2.24) is 5.43 Å². The Labute approximate surface area is 186 Å². The summed E-state index contributed by atoms with van der Waals surface area (Å²) in [6.45, 7) is 2.53. The van der Waals surface area contributed by atoms with Gasteiger partial charge in [0.2, 0.25) is 5.91 Å². The molecule has 0 radical (unpaired) electrons. The van der Waals surface area contributed by atoms with E-state index in [1.807, 2.05) is 60.7 Å². The molecule has 154 valence electrons. The normalized spacial score (nSPS) is 10.9. The molecule has 0 bridgehead atoms. The Morgan fingerprint density at radius 3 is 2.67 bits per heavy atom. The smallest absolute Gasteiger partial charge is 0.250 e. The largest absolute Gasteiger partial charge is 0.489 e. The number of ether oxygens (including phenoxy) is 1. The zero-order chi connectivity index (χ0) is 21.2. The zero-order valence-corrected chi connectivity index (χ0v) is 18.2. The predicted octanol–water partition coefficient (Wildman–Crippen LogP) is 5.61. The van der Waals surface area contributed by atoms with Gasteiger partial charge in [0.05, 0.1) is 12.0 Å². The van der Waals surface area contributed by atoms with Crippen molar-refractivity contribution in [3.8, 4) is 5.75 Å². The molecule has 0 heterocycles. The molecule has 0 aliphatic rings. The van der Waals surface area contributed by atoms with E-state index in [-0.39, 0.29) is 5.91 Å². The quantitative estimate of drug-likeness (QED) is 0.349. The van der Waals surface area contributed by atoms with Crippen LogP contribution in [0.5, 0.6) is 5.75 Å². The van der Waals surface area contributed by atoms with Crippen LogP contribution in [0.2, 0.25) is 5.02 Å². The summed E-state index contributed by atoms with van der Waals surface area (Å²) in [5.74, 6) is 1.80. The standard InChI is InChI=1S/C24H23ClN2O2S/c1-18-5-2-3-7-21(18)16-30-17-24(28)27-26-14-19-9-11-23(12-10-19)29-15-20-6-4-8-22(25)13-20/h2-14H,15-17H2,1H3,(H,27,28)/b26-14-. The Hall–Kier alpha value is -2.76. The summed E-state index contributed by atoms with van der Waals surface area (Å²) in [7, 11) is 0. The van der Waals surface area contributed by atoms with Gasteiger partial charge in [0.15, 0.2) is 0 Å². The average Bonchev–Trinajstić information content (AvgIpc) is 2.75. The fourth-order valence-corrected chi connectivity index (χ4v) is 3.79. The lowest BCUT2D eigenvalue weighted by Gasteiger charge is -2.07. The number of thioether (sulfide) groups is 1. The number of halogens is 1. The lowest BCUT2D eigenvalue weighted by molar-refractivity contribution is -0.118. The first-order chi connectivity index (χ1) is 14.6. The molecule has 4 nitrogen and oxygen atoms in total. The van der Waals surface area contributed by atoms with Gasteiger partial charge in [-0.1, -0.05) is 48.0 Å². The number of rotatable bonds is 9. The first-order valence-electron chi connectivity index (χ1n) is 9.51. The van der Waals surface area contributed by atoms with Crippen molar-refractivity contribution in [2.45, 2.75) is 19.3 Å². The summed E-state index contributed by atoms with van der Waals surface area (Å²) in [4.78, 5) is 11.9. The van der Waals surface area contributed by atoms with Crippen molar-refractivity contribution in [3.05, 3.63) is 100 Å². The van der Waals surface area contributed by atoms with Crippen LogP contribution in [0, 0.1) is 6.92 Å². The number of nitrogens with one attached hydrogen (secondary N) is 1. The van der Waals surface area contributed by atoms with Crippen molar-refractivity contribution < 1.29 is 9.53 Å². The topological polar surface area (TPSA) is 50.7 Å². The third-order valence-electron chi connectivity index (χ3n) is 4.33. The van der Waals surface area contributed by atoms with Gasteiger partial charge >= 0.3 is 0 Å². The first kappa shape index (κ1) is 21.9. The Morgan fingerprint density at radius 1 is 1.10 bits per heavy atom. The third-order valence-corrected chi connectivity index (χ3v) is 5.55. The number of hydrazone groups is 1. The van der Waals surface area contributed by atoms with Gasteiger partial charge in [0, 0.05) is 10.8 Å².